The van der Waals surface area contributed by atoms with Gasteiger partial charge in [-0.2, -0.15) is 0 Å². The average Bonchev–Trinajstić information content (AvgIpc) is 2.54. The zero-order chi connectivity index (χ0) is 19.1. The molecule has 0 aromatic carbocycles. The van der Waals surface area contributed by atoms with Crippen molar-refractivity contribution in [1.29, 1.82) is 0 Å². The van der Waals surface area contributed by atoms with Gasteiger partial charge in [0.15, 0.2) is 0 Å². The molecular weight excluding hydrogens is 320 g/mol. The third kappa shape index (κ3) is 10.1. The van der Waals surface area contributed by atoms with Crippen LogP contribution < -0.4 is 0 Å². The van der Waals surface area contributed by atoms with Gasteiger partial charge in [-0.05, 0) is 27.7 Å². The predicted octanol–water partition coefficient (Wildman–Crippen LogP) is 1.34. The highest BCUT2D eigenvalue weighted by Crippen LogP contribution is 1.98. The zero-order valence-corrected chi connectivity index (χ0v) is 14.5. The predicted molar refractivity (Wildman–Crippen MR) is 84.8 cm³/mol. The van der Waals surface area contributed by atoms with Crippen molar-refractivity contribution in [2.75, 3.05) is 26.4 Å². The first-order valence-electron chi connectivity index (χ1n) is 7.32. The SMILES string of the molecule is C=C(C(=O)OCC)C(=O)OCC.C=C(C(=O)OCC)C(=O)OCC. The molecular formula is C16H24O8. The molecule has 0 saturated carbocycles. The number of hydrogen-bond donors (Lipinski definition) is 0. The largest absolute Gasteiger partial charge is 0.462 e. The number of carbonyl (C=O) groups is 4. The molecule has 0 atom stereocenters. The molecule has 0 saturated heterocycles. The summed E-state index contributed by atoms with van der Waals surface area (Å²) in [6.07, 6.45) is 0. The van der Waals surface area contributed by atoms with Crippen LogP contribution in [-0.2, 0) is 38.1 Å². The molecule has 0 aromatic heterocycles. The van der Waals surface area contributed by atoms with Crippen molar-refractivity contribution < 1.29 is 38.1 Å². The molecule has 0 aliphatic heterocycles. The third-order valence-corrected chi connectivity index (χ3v) is 2.09. The molecule has 8 heteroatoms. The summed E-state index contributed by atoms with van der Waals surface area (Å²) in [6, 6.07) is 0. The van der Waals surface area contributed by atoms with Gasteiger partial charge in [-0.1, -0.05) is 13.2 Å². The van der Waals surface area contributed by atoms with Crippen LogP contribution >= 0.6 is 0 Å². The number of ether oxygens (including phenoxy) is 4. The molecule has 0 heterocycles. The van der Waals surface area contributed by atoms with Gasteiger partial charge >= 0.3 is 23.9 Å². The molecule has 0 spiro atoms. The number of hydrogen-bond acceptors (Lipinski definition) is 8. The standard InChI is InChI=1S/2C8H12O4/c2*1-4-11-7(9)6(3)8(10)12-5-2/h2*3-5H2,1-2H3. The smallest absolute Gasteiger partial charge is 0.344 e. The van der Waals surface area contributed by atoms with Crippen molar-refractivity contribution in [2.24, 2.45) is 0 Å². The highest BCUT2D eigenvalue weighted by molar-refractivity contribution is 6.13. The zero-order valence-electron chi connectivity index (χ0n) is 14.5. The van der Waals surface area contributed by atoms with Crippen molar-refractivity contribution in [3.05, 3.63) is 24.3 Å². The maximum absolute atomic E-state index is 10.8. The summed E-state index contributed by atoms with van der Waals surface area (Å²) in [5, 5.41) is 0. The van der Waals surface area contributed by atoms with Crippen molar-refractivity contribution >= 4 is 23.9 Å². The highest BCUT2D eigenvalue weighted by Gasteiger charge is 2.18. The van der Waals surface area contributed by atoms with E-state index < -0.39 is 23.9 Å². The van der Waals surface area contributed by atoms with Crippen molar-refractivity contribution in [3.63, 3.8) is 0 Å². The first kappa shape index (κ1) is 23.6. The molecule has 0 amide bonds. The first-order chi connectivity index (χ1) is 11.3. The molecule has 0 aliphatic rings. The number of rotatable bonds is 8. The molecule has 24 heavy (non-hydrogen) atoms. The first-order valence-corrected chi connectivity index (χ1v) is 7.32. The summed E-state index contributed by atoms with van der Waals surface area (Å²) >= 11 is 0. The second kappa shape index (κ2) is 14.0. The molecule has 0 radical (unpaired) electrons. The summed E-state index contributed by atoms with van der Waals surface area (Å²) in [5.74, 6) is -2.90. The highest BCUT2D eigenvalue weighted by atomic mass is 16.6. The molecule has 0 fully saturated rings. The Morgan fingerprint density at radius 3 is 0.833 bits per heavy atom. The van der Waals surface area contributed by atoms with Crippen molar-refractivity contribution in [3.8, 4) is 0 Å². The molecule has 0 aliphatic carbocycles. The fraction of sp³-hybridized carbons (Fsp3) is 0.500. The number of carbonyl (C=O) groups excluding carboxylic acids is 4. The second-order valence-electron chi connectivity index (χ2n) is 3.84. The summed E-state index contributed by atoms with van der Waals surface area (Å²) < 4.78 is 18.1. The quantitative estimate of drug-likeness (QED) is 0.213. The minimum atomic E-state index is -0.726. The van der Waals surface area contributed by atoms with Gasteiger partial charge in [0.2, 0.25) is 0 Å². The lowest BCUT2D eigenvalue weighted by molar-refractivity contribution is -0.148. The lowest BCUT2D eigenvalue weighted by atomic mass is 10.3. The molecule has 0 rings (SSSR count). The van der Waals surface area contributed by atoms with Crippen LogP contribution in [0.25, 0.3) is 0 Å². The van der Waals surface area contributed by atoms with E-state index in [0.29, 0.717) is 0 Å². The van der Waals surface area contributed by atoms with Crippen LogP contribution in [0.2, 0.25) is 0 Å². The summed E-state index contributed by atoms with van der Waals surface area (Å²) in [4.78, 5) is 43.3. The third-order valence-electron chi connectivity index (χ3n) is 2.09. The van der Waals surface area contributed by atoms with E-state index in [4.69, 9.17) is 0 Å². The topological polar surface area (TPSA) is 105 Å². The van der Waals surface area contributed by atoms with Crippen LogP contribution in [0.4, 0.5) is 0 Å². The van der Waals surface area contributed by atoms with Crippen LogP contribution in [0.15, 0.2) is 24.3 Å². The molecule has 8 nitrogen and oxygen atoms in total. The lowest BCUT2D eigenvalue weighted by Crippen LogP contribution is -2.17. The van der Waals surface area contributed by atoms with E-state index in [-0.39, 0.29) is 37.6 Å². The Morgan fingerprint density at radius 1 is 0.542 bits per heavy atom. The molecule has 0 bridgehead atoms. The van der Waals surface area contributed by atoms with Crippen LogP contribution in [0, 0.1) is 0 Å². The summed E-state index contributed by atoms with van der Waals surface area (Å²) in [6.45, 7) is 14.0. The van der Waals surface area contributed by atoms with Gasteiger partial charge in [-0.25, -0.2) is 19.2 Å². The van der Waals surface area contributed by atoms with E-state index in [1.165, 1.54) is 0 Å². The minimum absolute atomic E-state index is 0.220. The fourth-order valence-electron chi connectivity index (χ4n) is 1.04. The monoisotopic (exact) mass is 344 g/mol. The summed E-state index contributed by atoms with van der Waals surface area (Å²) in [5.41, 5.74) is -0.530. The van der Waals surface area contributed by atoms with Gasteiger partial charge in [-0.15, -0.1) is 0 Å². The van der Waals surface area contributed by atoms with Gasteiger partial charge < -0.3 is 18.9 Å². The Hall–Kier alpha value is -2.64. The lowest BCUT2D eigenvalue weighted by Gasteiger charge is -2.03. The van der Waals surface area contributed by atoms with Gasteiger partial charge in [0, 0.05) is 0 Å². The Balaban J connectivity index is 0. The minimum Gasteiger partial charge on any atom is -0.462 e. The Bertz CT molecular complexity index is 394. The van der Waals surface area contributed by atoms with E-state index in [0.717, 1.165) is 0 Å². The molecule has 0 unspecified atom stereocenters. The second-order valence-corrected chi connectivity index (χ2v) is 3.84. The Labute approximate surface area is 141 Å². The van der Waals surface area contributed by atoms with Crippen LogP contribution in [0.3, 0.4) is 0 Å². The molecule has 136 valence electrons. The molecule has 0 N–H and O–H groups in total. The maximum atomic E-state index is 10.8. The fourth-order valence-corrected chi connectivity index (χ4v) is 1.04. The van der Waals surface area contributed by atoms with Crippen LogP contribution in [-0.4, -0.2) is 50.3 Å². The van der Waals surface area contributed by atoms with Crippen LogP contribution in [0.5, 0.6) is 0 Å². The normalized spacial score (nSPS) is 8.83. The van der Waals surface area contributed by atoms with Crippen LogP contribution in [0.1, 0.15) is 27.7 Å². The van der Waals surface area contributed by atoms with Gasteiger partial charge in [0.05, 0.1) is 26.4 Å². The van der Waals surface area contributed by atoms with Crippen molar-refractivity contribution in [2.45, 2.75) is 27.7 Å². The Kier molecular flexibility index (Phi) is 13.8. The van der Waals surface area contributed by atoms with E-state index in [1.54, 1.807) is 27.7 Å². The average molecular weight is 344 g/mol. The van der Waals surface area contributed by atoms with E-state index >= 15 is 0 Å². The van der Waals surface area contributed by atoms with Crippen molar-refractivity contribution in [1.82, 2.24) is 0 Å². The molecule has 0 aromatic rings. The van der Waals surface area contributed by atoms with E-state index in [2.05, 4.69) is 32.1 Å². The Morgan fingerprint density at radius 2 is 0.708 bits per heavy atom. The van der Waals surface area contributed by atoms with Gasteiger partial charge in [-0.3, -0.25) is 0 Å². The van der Waals surface area contributed by atoms with Gasteiger partial charge in [0.1, 0.15) is 11.1 Å². The number of esters is 4. The van der Waals surface area contributed by atoms with E-state index in [1.807, 2.05) is 0 Å². The summed E-state index contributed by atoms with van der Waals surface area (Å²) in [7, 11) is 0. The van der Waals surface area contributed by atoms with E-state index in [9.17, 15) is 19.2 Å². The van der Waals surface area contributed by atoms with Gasteiger partial charge in [0.25, 0.3) is 0 Å². The maximum Gasteiger partial charge on any atom is 0.344 e.